The Bertz CT molecular complexity index is 621. The fourth-order valence-corrected chi connectivity index (χ4v) is 2.96. The lowest BCUT2D eigenvalue weighted by Gasteiger charge is -2.14. The van der Waals surface area contributed by atoms with Crippen LogP contribution in [0.4, 0.5) is 18.9 Å². The van der Waals surface area contributed by atoms with Gasteiger partial charge in [0, 0.05) is 18.3 Å². The van der Waals surface area contributed by atoms with E-state index in [0.717, 1.165) is 6.42 Å². The second-order valence-electron chi connectivity index (χ2n) is 5.72. The highest BCUT2D eigenvalue weighted by atomic mass is 35.5. The van der Waals surface area contributed by atoms with E-state index in [1.54, 1.807) is 13.0 Å². The van der Waals surface area contributed by atoms with Gasteiger partial charge in [-0.3, -0.25) is 4.79 Å². The quantitative estimate of drug-likeness (QED) is 0.602. The molecule has 4 nitrogen and oxygen atoms in total. The fourth-order valence-electron chi connectivity index (χ4n) is 2.75. The van der Waals surface area contributed by atoms with Crippen molar-refractivity contribution in [3.8, 4) is 5.75 Å². The van der Waals surface area contributed by atoms with Gasteiger partial charge in [-0.25, -0.2) is 0 Å². The summed E-state index contributed by atoms with van der Waals surface area (Å²) in [5, 5.41) is 0.118. The molecule has 3 atom stereocenters. The Balaban J connectivity index is 2.21. The second kappa shape index (κ2) is 7.09. The predicted molar refractivity (Wildman–Crippen MR) is 84.1 cm³/mol. The summed E-state index contributed by atoms with van der Waals surface area (Å²) in [6.45, 7) is 2.20. The van der Waals surface area contributed by atoms with Crippen LogP contribution >= 0.6 is 11.6 Å². The molecule has 8 heteroatoms. The second-order valence-corrected chi connectivity index (χ2v) is 6.13. The largest absolute Gasteiger partial charge is 0.482 e. The maximum atomic E-state index is 12.3. The summed E-state index contributed by atoms with van der Waals surface area (Å²) in [7, 11) is 0. The van der Waals surface area contributed by atoms with E-state index >= 15 is 0 Å². The van der Waals surface area contributed by atoms with Crippen molar-refractivity contribution in [2.45, 2.75) is 44.9 Å². The summed E-state index contributed by atoms with van der Waals surface area (Å²) in [6, 6.07) is 3.03. The van der Waals surface area contributed by atoms with Gasteiger partial charge < -0.3 is 15.2 Å². The molecule has 1 aromatic rings. The number of benzene rings is 1. The number of rotatable bonds is 6. The third-order valence-electron chi connectivity index (χ3n) is 4.01. The SMILES string of the molecule is CCC(=O)OC1C(CC)C1c1cc(Cl)c(N)c(OCC(F)(F)F)c1. The van der Waals surface area contributed by atoms with Crippen LogP contribution in [0.3, 0.4) is 0 Å². The van der Waals surface area contributed by atoms with E-state index < -0.39 is 12.8 Å². The first-order valence-electron chi connectivity index (χ1n) is 7.65. The third-order valence-corrected chi connectivity index (χ3v) is 4.33. The van der Waals surface area contributed by atoms with Gasteiger partial charge in [0.25, 0.3) is 0 Å². The molecule has 1 aromatic carbocycles. The minimum atomic E-state index is -4.47. The maximum Gasteiger partial charge on any atom is 0.422 e. The Morgan fingerprint density at radius 1 is 1.33 bits per heavy atom. The van der Waals surface area contributed by atoms with Crippen molar-refractivity contribution in [3.63, 3.8) is 0 Å². The van der Waals surface area contributed by atoms with Gasteiger partial charge in [-0.15, -0.1) is 0 Å². The molecular weight excluding hydrogens is 347 g/mol. The number of alkyl halides is 3. The number of nitrogens with two attached hydrogens (primary N) is 1. The van der Waals surface area contributed by atoms with Crippen LogP contribution in [0.15, 0.2) is 12.1 Å². The highest BCUT2D eigenvalue weighted by Crippen LogP contribution is 2.53. The summed E-state index contributed by atoms with van der Waals surface area (Å²) >= 11 is 6.02. The normalized spacial score (nSPS) is 23.0. The molecule has 0 bridgehead atoms. The number of esters is 1. The summed E-state index contributed by atoms with van der Waals surface area (Å²) in [5.74, 6) is -0.430. The topological polar surface area (TPSA) is 61.5 Å². The molecule has 24 heavy (non-hydrogen) atoms. The van der Waals surface area contributed by atoms with Crippen molar-refractivity contribution in [1.29, 1.82) is 0 Å². The first-order valence-corrected chi connectivity index (χ1v) is 8.03. The summed E-state index contributed by atoms with van der Waals surface area (Å²) in [6.07, 6.45) is -3.73. The molecule has 1 fully saturated rings. The molecule has 2 N–H and O–H groups in total. The number of anilines is 1. The van der Waals surface area contributed by atoms with Gasteiger partial charge in [0.15, 0.2) is 6.61 Å². The van der Waals surface area contributed by atoms with Crippen LogP contribution in [0.1, 0.15) is 38.2 Å². The van der Waals surface area contributed by atoms with Gasteiger partial charge in [0.2, 0.25) is 0 Å². The van der Waals surface area contributed by atoms with Crippen molar-refractivity contribution < 1.29 is 27.4 Å². The number of hydrogen-bond acceptors (Lipinski definition) is 4. The van der Waals surface area contributed by atoms with Crippen LogP contribution in [0, 0.1) is 5.92 Å². The highest BCUT2D eigenvalue weighted by molar-refractivity contribution is 6.33. The molecule has 1 aliphatic rings. The molecule has 1 aliphatic carbocycles. The Morgan fingerprint density at radius 3 is 2.54 bits per heavy atom. The summed E-state index contributed by atoms with van der Waals surface area (Å²) < 4.78 is 47.2. The highest BCUT2D eigenvalue weighted by Gasteiger charge is 2.53. The van der Waals surface area contributed by atoms with E-state index in [2.05, 4.69) is 0 Å². The molecule has 3 unspecified atom stereocenters. The Kier molecular flexibility index (Phi) is 5.52. The zero-order chi connectivity index (χ0) is 18.1. The van der Waals surface area contributed by atoms with Crippen LogP contribution in [0.25, 0.3) is 0 Å². The van der Waals surface area contributed by atoms with Crippen LogP contribution in [0.5, 0.6) is 5.75 Å². The van der Waals surface area contributed by atoms with Gasteiger partial charge in [-0.2, -0.15) is 13.2 Å². The van der Waals surface area contributed by atoms with Crippen LogP contribution in [-0.2, 0) is 9.53 Å². The van der Waals surface area contributed by atoms with Gasteiger partial charge in [-0.05, 0) is 24.1 Å². The number of ether oxygens (including phenoxy) is 2. The van der Waals surface area contributed by atoms with Crippen molar-refractivity contribution >= 4 is 23.3 Å². The van der Waals surface area contributed by atoms with E-state index in [1.165, 1.54) is 6.07 Å². The average molecular weight is 366 g/mol. The molecule has 0 aromatic heterocycles. The first kappa shape index (κ1) is 18.7. The lowest BCUT2D eigenvalue weighted by atomic mass is 10.1. The summed E-state index contributed by atoms with van der Waals surface area (Å²) in [4.78, 5) is 11.5. The predicted octanol–water partition coefficient (Wildman–Crippen LogP) is 4.31. The number of halogens is 4. The molecule has 0 radical (unpaired) electrons. The molecule has 0 heterocycles. The number of nitrogen functional groups attached to an aromatic ring is 1. The van der Waals surface area contributed by atoms with Crippen LogP contribution in [0.2, 0.25) is 5.02 Å². The van der Waals surface area contributed by atoms with Crippen molar-refractivity contribution in [3.05, 3.63) is 22.7 Å². The first-order chi connectivity index (χ1) is 11.2. The number of carbonyl (C=O) groups is 1. The van der Waals surface area contributed by atoms with Crippen LogP contribution in [-0.4, -0.2) is 24.9 Å². The molecular formula is C16H19ClF3NO3. The van der Waals surface area contributed by atoms with Crippen molar-refractivity contribution in [1.82, 2.24) is 0 Å². The van der Waals surface area contributed by atoms with Crippen molar-refractivity contribution in [2.24, 2.45) is 5.92 Å². The maximum absolute atomic E-state index is 12.3. The third kappa shape index (κ3) is 4.26. The van der Waals surface area contributed by atoms with Gasteiger partial charge in [0.1, 0.15) is 11.9 Å². The lowest BCUT2D eigenvalue weighted by molar-refractivity contribution is -0.153. The lowest BCUT2D eigenvalue weighted by Crippen LogP contribution is -2.19. The Hall–Kier alpha value is -1.63. The number of carbonyl (C=O) groups excluding carboxylic acids is 1. The fraction of sp³-hybridized carbons (Fsp3) is 0.562. The Morgan fingerprint density at radius 2 is 2.00 bits per heavy atom. The smallest absolute Gasteiger partial charge is 0.422 e. The van der Waals surface area contributed by atoms with E-state index in [0.29, 0.717) is 5.56 Å². The molecule has 2 rings (SSSR count). The summed E-state index contributed by atoms with van der Waals surface area (Å²) in [5.41, 5.74) is 6.31. The number of hydrogen-bond donors (Lipinski definition) is 1. The standard InChI is InChI=1S/C16H19ClF3NO3/c1-3-9-13(15(9)24-12(22)4-2)8-5-10(17)14(21)11(6-8)23-7-16(18,19)20/h5-6,9,13,15H,3-4,7,21H2,1-2H3. The Labute approximate surface area is 143 Å². The molecule has 0 amide bonds. The molecule has 0 spiro atoms. The molecule has 0 saturated heterocycles. The van der Waals surface area contributed by atoms with Gasteiger partial charge in [0.05, 0.1) is 10.7 Å². The zero-order valence-electron chi connectivity index (χ0n) is 13.3. The molecule has 134 valence electrons. The van der Waals surface area contributed by atoms with E-state index in [-0.39, 0.29) is 46.8 Å². The minimum absolute atomic E-state index is 0.0412. The van der Waals surface area contributed by atoms with Crippen molar-refractivity contribution in [2.75, 3.05) is 12.3 Å². The molecule has 0 aliphatic heterocycles. The average Bonchev–Trinajstić information content (AvgIpc) is 3.20. The monoisotopic (exact) mass is 365 g/mol. The van der Waals surface area contributed by atoms with Gasteiger partial charge >= 0.3 is 12.1 Å². The molecule has 1 saturated carbocycles. The van der Waals surface area contributed by atoms with Gasteiger partial charge in [-0.1, -0.05) is 25.4 Å². The minimum Gasteiger partial charge on any atom is -0.482 e. The van der Waals surface area contributed by atoms with E-state index in [4.69, 9.17) is 26.8 Å². The van der Waals surface area contributed by atoms with E-state index in [9.17, 15) is 18.0 Å². The zero-order valence-corrected chi connectivity index (χ0v) is 14.1. The van der Waals surface area contributed by atoms with Crippen LogP contribution < -0.4 is 10.5 Å². The van der Waals surface area contributed by atoms with E-state index in [1.807, 2.05) is 6.92 Å².